The monoisotopic (exact) mass is 506 g/mol. The maximum Gasteiger partial charge on any atom is 0.259 e. The van der Waals surface area contributed by atoms with Crippen LogP contribution in [0.3, 0.4) is 0 Å². The van der Waals surface area contributed by atoms with Crippen LogP contribution in [-0.2, 0) is 14.8 Å². The molecule has 1 aliphatic rings. The van der Waals surface area contributed by atoms with E-state index in [2.05, 4.69) is 31.8 Å². The van der Waals surface area contributed by atoms with Crippen molar-refractivity contribution in [2.75, 3.05) is 19.6 Å². The van der Waals surface area contributed by atoms with Gasteiger partial charge in [0.1, 0.15) is 0 Å². The molecule has 10 heteroatoms. The van der Waals surface area contributed by atoms with Crippen molar-refractivity contribution >= 4 is 44.0 Å². The summed E-state index contributed by atoms with van der Waals surface area (Å²) >= 11 is 3.35. The molecule has 31 heavy (non-hydrogen) atoms. The average Bonchev–Trinajstić information content (AvgIpc) is 2.78. The van der Waals surface area contributed by atoms with Gasteiger partial charge < -0.3 is 5.32 Å². The van der Waals surface area contributed by atoms with Crippen LogP contribution in [-0.4, -0.2) is 50.4 Å². The van der Waals surface area contributed by atoms with Gasteiger partial charge in [0.25, 0.3) is 11.8 Å². The van der Waals surface area contributed by atoms with Gasteiger partial charge in [0.2, 0.25) is 10.0 Å². The minimum absolute atomic E-state index is 0.158. The third-order valence-corrected chi connectivity index (χ3v) is 7.14. The zero-order valence-corrected chi connectivity index (χ0v) is 19.2. The fourth-order valence-corrected chi connectivity index (χ4v) is 5.03. The summed E-state index contributed by atoms with van der Waals surface area (Å²) in [5.41, 5.74) is 3.41. The normalized spacial score (nSPS) is 15.0. The first-order valence-electron chi connectivity index (χ1n) is 9.82. The first-order chi connectivity index (χ1) is 14.9. The molecule has 1 aliphatic heterocycles. The summed E-state index contributed by atoms with van der Waals surface area (Å²) in [7, 11) is -3.55. The van der Waals surface area contributed by atoms with E-state index in [1.165, 1.54) is 34.8 Å². The van der Waals surface area contributed by atoms with E-state index in [0.717, 1.165) is 29.3 Å². The van der Waals surface area contributed by atoms with Crippen molar-refractivity contribution in [1.82, 2.24) is 15.0 Å². The summed E-state index contributed by atoms with van der Waals surface area (Å²) in [5.74, 6) is -0.961. The lowest BCUT2D eigenvalue weighted by atomic mass is 10.2. The molecule has 0 atom stereocenters. The largest absolute Gasteiger partial charge is 0.343 e. The van der Waals surface area contributed by atoms with Crippen molar-refractivity contribution in [3.8, 4) is 0 Å². The van der Waals surface area contributed by atoms with Crippen molar-refractivity contribution in [3.05, 3.63) is 64.1 Å². The van der Waals surface area contributed by atoms with Gasteiger partial charge in [-0.3, -0.25) is 9.59 Å². The van der Waals surface area contributed by atoms with Crippen LogP contribution in [0.2, 0.25) is 0 Å². The number of hydrogen-bond donors (Lipinski definition) is 2. The Labute approximate surface area is 189 Å². The van der Waals surface area contributed by atoms with Crippen molar-refractivity contribution in [2.45, 2.75) is 24.2 Å². The lowest BCUT2D eigenvalue weighted by Crippen LogP contribution is -2.36. The van der Waals surface area contributed by atoms with E-state index in [-0.39, 0.29) is 17.0 Å². The summed E-state index contributed by atoms with van der Waals surface area (Å²) < 4.78 is 27.7. The van der Waals surface area contributed by atoms with Crippen molar-refractivity contribution < 1.29 is 18.0 Å². The number of hydrogen-bond acceptors (Lipinski definition) is 5. The second kappa shape index (κ2) is 10.7. The molecule has 2 N–H and O–H groups in total. The lowest BCUT2D eigenvalue weighted by molar-refractivity contribution is -0.120. The maximum atomic E-state index is 12.7. The number of sulfonamides is 1. The highest BCUT2D eigenvalue weighted by atomic mass is 79.9. The van der Waals surface area contributed by atoms with Crippen LogP contribution in [0.4, 0.5) is 0 Å². The molecule has 0 saturated carbocycles. The van der Waals surface area contributed by atoms with Gasteiger partial charge in [-0.25, -0.2) is 13.8 Å². The molecule has 0 aliphatic carbocycles. The molecule has 0 unspecified atom stereocenters. The van der Waals surface area contributed by atoms with Gasteiger partial charge in [0, 0.05) is 23.1 Å². The highest BCUT2D eigenvalue weighted by molar-refractivity contribution is 9.10. The Bertz CT molecular complexity index is 1070. The second-order valence-electron chi connectivity index (χ2n) is 7.02. The van der Waals surface area contributed by atoms with Crippen molar-refractivity contribution in [1.29, 1.82) is 0 Å². The molecular weight excluding hydrogens is 484 g/mol. The maximum absolute atomic E-state index is 12.7. The molecule has 1 heterocycles. The Kier molecular flexibility index (Phi) is 7.94. The Hall–Kier alpha value is -2.56. The minimum Gasteiger partial charge on any atom is -0.343 e. The minimum atomic E-state index is -3.55. The molecule has 1 saturated heterocycles. The Morgan fingerprint density at radius 1 is 1.06 bits per heavy atom. The molecule has 0 radical (unpaired) electrons. The molecule has 0 aromatic heterocycles. The summed E-state index contributed by atoms with van der Waals surface area (Å²) in [6.45, 7) is 0.774. The van der Waals surface area contributed by atoms with E-state index in [1.807, 2.05) is 24.3 Å². The Morgan fingerprint density at radius 2 is 1.77 bits per heavy atom. The van der Waals surface area contributed by atoms with Crippen LogP contribution < -0.4 is 10.7 Å². The summed E-state index contributed by atoms with van der Waals surface area (Å²) in [4.78, 5) is 24.3. The summed E-state index contributed by atoms with van der Waals surface area (Å²) in [6.07, 6.45) is 4.24. The standard InChI is InChI=1S/C21H23BrN4O4S/c22-18-6-4-5-16(13-18)14-24-25-20(27)15-23-21(28)17-7-9-19(10-8-17)31(29,30)26-11-2-1-3-12-26/h4-10,13-14H,1-3,11-12,15H2,(H,23,28)(H,25,27)/b24-14-. The first-order valence-corrected chi connectivity index (χ1v) is 12.1. The third kappa shape index (κ3) is 6.46. The highest BCUT2D eigenvalue weighted by Gasteiger charge is 2.25. The molecule has 164 valence electrons. The van der Waals surface area contributed by atoms with Crippen LogP contribution in [0.25, 0.3) is 0 Å². The number of hydrazone groups is 1. The number of amides is 2. The molecule has 2 amide bonds. The number of nitrogens with one attached hydrogen (secondary N) is 2. The van der Waals surface area contributed by atoms with Crippen LogP contribution in [0.5, 0.6) is 0 Å². The van der Waals surface area contributed by atoms with Crippen molar-refractivity contribution in [2.24, 2.45) is 5.10 Å². The number of carbonyl (C=O) groups is 2. The Balaban J connectivity index is 1.50. The first kappa shape index (κ1) is 23.1. The van der Waals surface area contributed by atoms with Gasteiger partial charge >= 0.3 is 0 Å². The van der Waals surface area contributed by atoms with E-state index in [1.54, 1.807) is 0 Å². The molecule has 3 rings (SSSR count). The van der Waals surface area contributed by atoms with Gasteiger partial charge in [-0.05, 0) is 54.8 Å². The number of carbonyl (C=O) groups excluding carboxylic acids is 2. The molecule has 2 aromatic rings. The number of benzene rings is 2. The predicted octanol–water partition coefficient (Wildman–Crippen LogP) is 2.50. The fourth-order valence-electron chi connectivity index (χ4n) is 3.10. The van der Waals surface area contributed by atoms with Gasteiger partial charge in [0.15, 0.2) is 0 Å². The molecule has 2 aromatic carbocycles. The quantitative estimate of drug-likeness (QED) is 0.444. The van der Waals surface area contributed by atoms with Crippen LogP contribution in [0.1, 0.15) is 35.2 Å². The van der Waals surface area contributed by atoms with E-state index >= 15 is 0 Å². The van der Waals surface area contributed by atoms with Gasteiger partial charge in [-0.2, -0.15) is 9.41 Å². The topological polar surface area (TPSA) is 108 Å². The predicted molar refractivity (Wildman–Crippen MR) is 121 cm³/mol. The van der Waals surface area contributed by atoms with E-state index < -0.39 is 21.8 Å². The summed E-state index contributed by atoms with van der Waals surface area (Å²) in [6, 6.07) is 13.1. The number of nitrogens with zero attached hydrogens (tertiary/aromatic N) is 2. The third-order valence-electron chi connectivity index (χ3n) is 4.73. The molecular formula is C21H23BrN4O4S. The van der Waals surface area contributed by atoms with Gasteiger partial charge in [-0.1, -0.05) is 34.5 Å². The van der Waals surface area contributed by atoms with E-state index in [4.69, 9.17) is 0 Å². The molecule has 8 nitrogen and oxygen atoms in total. The zero-order chi connectivity index (χ0) is 22.3. The lowest BCUT2D eigenvalue weighted by Gasteiger charge is -2.25. The fraction of sp³-hybridized carbons (Fsp3) is 0.286. The smallest absolute Gasteiger partial charge is 0.259 e. The van der Waals surface area contributed by atoms with Crippen molar-refractivity contribution in [3.63, 3.8) is 0 Å². The SMILES string of the molecule is O=C(CNC(=O)c1ccc(S(=O)(=O)N2CCCCC2)cc1)N/N=C\c1cccc(Br)c1. The van der Waals surface area contributed by atoms with E-state index in [9.17, 15) is 18.0 Å². The molecule has 0 spiro atoms. The highest BCUT2D eigenvalue weighted by Crippen LogP contribution is 2.20. The van der Waals surface area contributed by atoms with Crippen LogP contribution in [0.15, 0.2) is 63.0 Å². The van der Waals surface area contributed by atoms with Crippen LogP contribution >= 0.6 is 15.9 Å². The number of halogens is 1. The van der Waals surface area contributed by atoms with Gasteiger partial charge in [-0.15, -0.1) is 0 Å². The molecule has 1 fully saturated rings. The average molecular weight is 507 g/mol. The zero-order valence-electron chi connectivity index (χ0n) is 16.8. The molecule has 0 bridgehead atoms. The number of piperidine rings is 1. The second-order valence-corrected chi connectivity index (χ2v) is 9.87. The van der Waals surface area contributed by atoms with Crippen LogP contribution in [0, 0.1) is 0 Å². The number of rotatable bonds is 7. The summed E-state index contributed by atoms with van der Waals surface area (Å²) in [5, 5.41) is 6.33. The van der Waals surface area contributed by atoms with Gasteiger partial charge in [0.05, 0.1) is 17.7 Å². The van der Waals surface area contributed by atoms with E-state index in [0.29, 0.717) is 13.1 Å². The Morgan fingerprint density at radius 3 is 2.45 bits per heavy atom.